The average Bonchev–Trinajstić information content (AvgIpc) is 3.48. The van der Waals surface area contributed by atoms with E-state index in [1.807, 2.05) is 6.92 Å². The predicted octanol–water partition coefficient (Wildman–Crippen LogP) is 3.45. The van der Waals surface area contributed by atoms with Crippen molar-refractivity contribution in [3.8, 4) is 0 Å². The zero-order chi connectivity index (χ0) is 20.7. The summed E-state index contributed by atoms with van der Waals surface area (Å²) in [5.74, 6) is -2.43. The molecule has 4 rings (SSSR count). The van der Waals surface area contributed by atoms with Crippen LogP contribution >= 0.6 is 0 Å². The summed E-state index contributed by atoms with van der Waals surface area (Å²) in [5, 5.41) is 0. The number of amides is 3. The van der Waals surface area contributed by atoms with Crippen molar-refractivity contribution in [2.24, 2.45) is 0 Å². The van der Waals surface area contributed by atoms with Crippen molar-refractivity contribution in [3.05, 3.63) is 70.3 Å². The van der Waals surface area contributed by atoms with Crippen LogP contribution in [0, 0.1) is 18.6 Å². The molecule has 0 bridgehead atoms. The van der Waals surface area contributed by atoms with Gasteiger partial charge in [0.05, 0.1) is 11.1 Å². The second kappa shape index (κ2) is 7.39. The number of aryl methyl sites for hydroxylation is 1. The Morgan fingerprint density at radius 2 is 1.79 bits per heavy atom. The van der Waals surface area contributed by atoms with Crippen molar-refractivity contribution in [2.75, 3.05) is 6.54 Å². The highest BCUT2D eigenvalue weighted by Crippen LogP contribution is 2.30. The minimum atomic E-state index is -0.695. The molecule has 0 saturated heterocycles. The van der Waals surface area contributed by atoms with Gasteiger partial charge in [-0.1, -0.05) is 17.7 Å². The zero-order valence-electron chi connectivity index (χ0n) is 16.0. The topological polar surface area (TPSA) is 57.7 Å². The van der Waals surface area contributed by atoms with Crippen LogP contribution < -0.4 is 0 Å². The van der Waals surface area contributed by atoms with Gasteiger partial charge in [0.15, 0.2) is 0 Å². The summed E-state index contributed by atoms with van der Waals surface area (Å²) in [7, 11) is 0. The molecule has 0 spiro atoms. The van der Waals surface area contributed by atoms with E-state index in [0.717, 1.165) is 35.4 Å². The Bertz CT molecular complexity index is 1020. The van der Waals surface area contributed by atoms with Gasteiger partial charge in [-0.25, -0.2) is 8.78 Å². The number of fused-ring (bicyclic) bond motifs is 1. The molecule has 0 unspecified atom stereocenters. The molecule has 29 heavy (non-hydrogen) atoms. The van der Waals surface area contributed by atoms with Crippen LogP contribution in [0.5, 0.6) is 0 Å². The lowest BCUT2D eigenvalue weighted by Gasteiger charge is -2.24. The van der Waals surface area contributed by atoms with Gasteiger partial charge in [0.25, 0.3) is 11.8 Å². The second-order valence-corrected chi connectivity index (χ2v) is 7.55. The van der Waals surface area contributed by atoms with Crippen molar-refractivity contribution in [3.63, 3.8) is 0 Å². The van der Waals surface area contributed by atoms with Gasteiger partial charge in [0, 0.05) is 37.2 Å². The number of benzene rings is 2. The molecule has 1 aliphatic heterocycles. The molecule has 1 aliphatic carbocycles. The number of hydrogen-bond acceptors (Lipinski definition) is 3. The summed E-state index contributed by atoms with van der Waals surface area (Å²) in [6.45, 7) is 1.85. The van der Waals surface area contributed by atoms with Crippen LogP contribution in [-0.4, -0.2) is 40.1 Å². The lowest BCUT2D eigenvalue weighted by Crippen LogP contribution is -2.37. The SMILES string of the molecule is Cc1ccc2c(c1)C(=O)N(CCC(=O)N(Cc1ccc(F)cc1F)C1CC1)C2=O. The minimum absolute atomic E-state index is 0.0109. The number of carbonyl (C=O) groups excluding carboxylic acids is 3. The maximum atomic E-state index is 14.0. The van der Waals surface area contributed by atoms with Gasteiger partial charge in [-0.2, -0.15) is 0 Å². The molecule has 0 aromatic heterocycles. The third-order valence-electron chi connectivity index (χ3n) is 5.34. The molecule has 0 N–H and O–H groups in total. The molecular weight excluding hydrogens is 378 g/mol. The van der Waals surface area contributed by atoms with Crippen molar-refractivity contribution < 1.29 is 23.2 Å². The Kier molecular flexibility index (Phi) is 4.90. The maximum absolute atomic E-state index is 14.0. The molecular formula is C22H20F2N2O3. The summed E-state index contributed by atoms with van der Waals surface area (Å²) in [6, 6.07) is 8.37. The first-order valence-corrected chi connectivity index (χ1v) is 9.55. The van der Waals surface area contributed by atoms with Gasteiger partial charge in [-0.15, -0.1) is 0 Å². The zero-order valence-corrected chi connectivity index (χ0v) is 16.0. The van der Waals surface area contributed by atoms with Gasteiger partial charge >= 0.3 is 0 Å². The number of nitrogens with zero attached hydrogens (tertiary/aromatic N) is 2. The summed E-state index contributed by atoms with van der Waals surface area (Å²) < 4.78 is 27.1. The number of carbonyl (C=O) groups is 3. The molecule has 0 atom stereocenters. The van der Waals surface area contributed by atoms with Gasteiger partial charge in [-0.3, -0.25) is 19.3 Å². The van der Waals surface area contributed by atoms with Gasteiger partial charge < -0.3 is 4.90 Å². The van der Waals surface area contributed by atoms with E-state index < -0.39 is 23.4 Å². The van der Waals surface area contributed by atoms with Crippen LogP contribution in [-0.2, 0) is 11.3 Å². The monoisotopic (exact) mass is 398 g/mol. The van der Waals surface area contributed by atoms with Crippen molar-refractivity contribution in [1.29, 1.82) is 0 Å². The van der Waals surface area contributed by atoms with E-state index in [4.69, 9.17) is 0 Å². The highest BCUT2D eigenvalue weighted by Gasteiger charge is 2.37. The average molecular weight is 398 g/mol. The summed E-state index contributed by atoms with van der Waals surface area (Å²) in [4.78, 5) is 40.5. The quantitative estimate of drug-likeness (QED) is 0.701. The number of halogens is 2. The van der Waals surface area contributed by atoms with E-state index in [9.17, 15) is 23.2 Å². The first-order valence-electron chi connectivity index (χ1n) is 9.55. The number of rotatable bonds is 6. The second-order valence-electron chi connectivity index (χ2n) is 7.55. The Labute approximate surface area is 166 Å². The first-order chi connectivity index (χ1) is 13.8. The molecule has 0 radical (unpaired) electrons. The smallest absolute Gasteiger partial charge is 0.261 e. The van der Waals surface area contributed by atoms with E-state index in [-0.39, 0.29) is 37.0 Å². The highest BCUT2D eigenvalue weighted by molar-refractivity contribution is 6.21. The van der Waals surface area contributed by atoms with E-state index in [1.165, 1.54) is 6.07 Å². The van der Waals surface area contributed by atoms with E-state index >= 15 is 0 Å². The lowest BCUT2D eigenvalue weighted by atomic mass is 10.1. The fourth-order valence-corrected chi connectivity index (χ4v) is 3.60. The van der Waals surface area contributed by atoms with Gasteiger partial charge in [0.2, 0.25) is 5.91 Å². The Hall–Kier alpha value is -3.09. The van der Waals surface area contributed by atoms with Gasteiger partial charge in [-0.05, 0) is 38.0 Å². The standard InChI is InChI=1S/C22H20F2N2O3/c1-13-2-7-17-18(10-13)22(29)25(21(17)28)9-8-20(27)26(16-5-6-16)12-14-3-4-15(23)11-19(14)24/h2-4,7,10-11,16H,5-6,8-9,12H2,1H3. The molecule has 1 heterocycles. The third-order valence-corrected chi connectivity index (χ3v) is 5.34. The summed E-state index contributed by atoms with van der Waals surface area (Å²) >= 11 is 0. The molecule has 1 fully saturated rings. The molecule has 2 aromatic carbocycles. The number of hydrogen-bond donors (Lipinski definition) is 0. The minimum Gasteiger partial charge on any atom is -0.335 e. The van der Waals surface area contributed by atoms with Crippen LogP contribution in [0.3, 0.4) is 0 Å². The van der Waals surface area contributed by atoms with Crippen LogP contribution in [0.2, 0.25) is 0 Å². The van der Waals surface area contributed by atoms with Crippen LogP contribution in [0.25, 0.3) is 0 Å². The lowest BCUT2D eigenvalue weighted by molar-refractivity contribution is -0.132. The van der Waals surface area contributed by atoms with Crippen LogP contribution in [0.1, 0.15) is 51.1 Å². The number of imide groups is 1. The first kappa shape index (κ1) is 19.2. The molecule has 1 saturated carbocycles. The van der Waals surface area contributed by atoms with Gasteiger partial charge in [0.1, 0.15) is 11.6 Å². The normalized spacial score (nSPS) is 15.6. The van der Waals surface area contributed by atoms with Crippen molar-refractivity contribution in [1.82, 2.24) is 9.80 Å². The fourth-order valence-electron chi connectivity index (χ4n) is 3.60. The Balaban J connectivity index is 1.44. The summed E-state index contributed by atoms with van der Waals surface area (Å²) in [6.07, 6.45) is 1.60. The maximum Gasteiger partial charge on any atom is 0.261 e. The predicted molar refractivity (Wildman–Crippen MR) is 101 cm³/mol. The highest BCUT2D eigenvalue weighted by atomic mass is 19.1. The third kappa shape index (κ3) is 3.77. The fraction of sp³-hybridized carbons (Fsp3) is 0.318. The largest absolute Gasteiger partial charge is 0.335 e. The van der Waals surface area contributed by atoms with E-state index in [0.29, 0.717) is 11.1 Å². The van der Waals surface area contributed by atoms with Crippen molar-refractivity contribution in [2.45, 2.75) is 38.8 Å². The molecule has 3 amide bonds. The molecule has 150 valence electrons. The van der Waals surface area contributed by atoms with E-state index in [1.54, 1.807) is 23.1 Å². The van der Waals surface area contributed by atoms with Crippen LogP contribution in [0.15, 0.2) is 36.4 Å². The Morgan fingerprint density at radius 1 is 1.07 bits per heavy atom. The van der Waals surface area contributed by atoms with Crippen molar-refractivity contribution >= 4 is 17.7 Å². The molecule has 2 aliphatic rings. The molecule has 5 nitrogen and oxygen atoms in total. The summed E-state index contributed by atoms with van der Waals surface area (Å²) in [5.41, 5.74) is 1.82. The Morgan fingerprint density at radius 3 is 2.48 bits per heavy atom. The van der Waals surface area contributed by atoms with Crippen LogP contribution in [0.4, 0.5) is 8.78 Å². The van der Waals surface area contributed by atoms with E-state index in [2.05, 4.69) is 0 Å². The molecule has 2 aromatic rings. The molecule has 7 heteroatoms.